The number of carbonyl (C=O) groups is 1. The topological polar surface area (TPSA) is 99.3 Å². The van der Waals surface area contributed by atoms with Crippen molar-refractivity contribution in [2.24, 2.45) is 0 Å². The van der Waals surface area contributed by atoms with Crippen molar-refractivity contribution in [3.05, 3.63) is 51.8 Å². The number of aryl methyl sites for hydroxylation is 1. The molecule has 1 heterocycles. The molecule has 0 unspecified atom stereocenters. The number of hydrogen-bond donors (Lipinski definition) is 1. The Morgan fingerprint density at radius 3 is 2.95 bits per heavy atom. The highest BCUT2D eigenvalue weighted by atomic mass is 16.6. The molecule has 2 rings (SSSR count). The molecule has 0 saturated heterocycles. The van der Waals surface area contributed by atoms with Crippen LogP contribution in [0.2, 0.25) is 0 Å². The van der Waals surface area contributed by atoms with Gasteiger partial charge in [-0.05, 0) is 13.0 Å². The van der Waals surface area contributed by atoms with Gasteiger partial charge in [-0.1, -0.05) is 6.07 Å². The molecule has 2 aromatic rings. The highest BCUT2D eigenvalue weighted by Crippen LogP contribution is 2.20. The van der Waals surface area contributed by atoms with Crippen molar-refractivity contribution in [1.82, 2.24) is 9.78 Å². The number of nitrogens with one attached hydrogen (secondary N) is 1. The Bertz CT molecular complexity index is 681. The molecule has 1 aromatic carbocycles. The second-order valence-electron chi connectivity index (χ2n) is 4.40. The molecule has 1 N–H and O–H groups in total. The lowest BCUT2D eigenvalue weighted by Crippen LogP contribution is -2.12. The summed E-state index contributed by atoms with van der Waals surface area (Å²) in [5.41, 5.74) is 1.12. The predicted octanol–water partition coefficient (Wildman–Crippen LogP) is 1.96. The van der Waals surface area contributed by atoms with Gasteiger partial charge < -0.3 is 10.1 Å². The van der Waals surface area contributed by atoms with Crippen LogP contribution < -0.4 is 5.32 Å². The molecule has 0 radical (unpaired) electrons. The van der Waals surface area contributed by atoms with Crippen LogP contribution in [0.25, 0.3) is 0 Å². The summed E-state index contributed by atoms with van der Waals surface area (Å²) in [7, 11) is 1.53. The van der Waals surface area contributed by atoms with Gasteiger partial charge in [0.05, 0.1) is 23.0 Å². The van der Waals surface area contributed by atoms with E-state index in [9.17, 15) is 14.9 Å². The molecule has 0 bridgehead atoms. The molecule has 0 atom stereocenters. The van der Waals surface area contributed by atoms with E-state index < -0.39 is 10.8 Å². The Labute approximate surface area is 120 Å². The third-order valence-electron chi connectivity index (χ3n) is 2.82. The van der Waals surface area contributed by atoms with Crippen molar-refractivity contribution in [3.8, 4) is 0 Å². The summed E-state index contributed by atoms with van der Waals surface area (Å²) in [6.07, 6.45) is 3.07. The number of aromatic nitrogens is 2. The van der Waals surface area contributed by atoms with E-state index in [1.165, 1.54) is 30.1 Å². The maximum atomic E-state index is 12.1. The van der Waals surface area contributed by atoms with E-state index >= 15 is 0 Å². The summed E-state index contributed by atoms with van der Waals surface area (Å²) in [6, 6.07) is 4.34. The Morgan fingerprint density at radius 2 is 2.29 bits per heavy atom. The number of carbonyl (C=O) groups excluding carboxylic acids is 1. The van der Waals surface area contributed by atoms with Gasteiger partial charge in [-0.15, -0.1) is 0 Å². The van der Waals surface area contributed by atoms with Crippen molar-refractivity contribution in [3.63, 3.8) is 0 Å². The van der Waals surface area contributed by atoms with Crippen molar-refractivity contribution >= 4 is 17.3 Å². The predicted molar refractivity (Wildman–Crippen MR) is 75.0 cm³/mol. The number of nitro groups is 1. The third-order valence-corrected chi connectivity index (χ3v) is 2.82. The smallest absolute Gasteiger partial charge is 0.273 e. The average Bonchev–Trinajstić information content (AvgIpc) is 2.86. The van der Waals surface area contributed by atoms with Crippen LogP contribution in [-0.4, -0.2) is 27.7 Å². The summed E-state index contributed by atoms with van der Waals surface area (Å²) < 4.78 is 6.41. The fourth-order valence-electron chi connectivity index (χ4n) is 1.78. The van der Waals surface area contributed by atoms with Crippen LogP contribution in [0.15, 0.2) is 30.6 Å². The highest BCUT2D eigenvalue weighted by Gasteiger charge is 2.15. The maximum Gasteiger partial charge on any atom is 0.273 e. The van der Waals surface area contributed by atoms with Gasteiger partial charge in [0, 0.05) is 24.3 Å². The Morgan fingerprint density at radius 1 is 1.52 bits per heavy atom. The zero-order valence-electron chi connectivity index (χ0n) is 11.6. The van der Waals surface area contributed by atoms with Crippen LogP contribution in [0.1, 0.15) is 15.9 Å². The molecular weight excluding hydrogens is 276 g/mol. The first-order valence-electron chi connectivity index (χ1n) is 6.09. The second-order valence-corrected chi connectivity index (χ2v) is 4.40. The van der Waals surface area contributed by atoms with Crippen molar-refractivity contribution < 1.29 is 14.5 Å². The van der Waals surface area contributed by atoms with Gasteiger partial charge in [0.2, 0.25) is 0 Å². The Kier molecular flexibility index (Phi) is 4.29. The first-order valence-corrected chi connectivity index (χ1v) is 6.09. The van der Waals surface area contributed by atoms with Gasteiger partial charge in [-0.25, -0.2) is 4.68 Å². The Balaban J connectivity index is 2.16. The minimum absolute atomic E-state index is 0.0854. The molecule has 0 aliphatic carbocycles. The SMILES string of the molecule is COCn1cc(NC(=O)c2ccc(C)c([N+](=O)[O-])c2)cn1. The molecule has 1 amide bonds. The number of nitrogens with zero attached hydrogens (tertiary/aromatic N) is 3. The fourth-order valence-corrected chi connectivity index (χ4v) is 1.78. The summed E-state index contributed by atoms with van der Waals surface area (Å²) in [4.78, 5) is 22.4. The van der Waals surface area contributed by atoms with E-state index in [2.05, 4.69) is 10.4 Å². The van der Waals surface area contributed by atoms with Crippen molar-refractivity contribution in [2.75, 3.05) is 12.4 Å². The molecule has 0 aliphatic heterocycles. The zero-order valence-corrected chi connectivity index (χ0v) is 11.6. The fraction of sp³-hybridized carbons (Fsp3) is 0.231. The molecule has 1 aromatic heterocycles. The van der Waals surface area contributed by atoms with Gasteiger partial charge in [-0.3, -0.25) is 14.9 Å². The van der Waals surface area contributed by atoms with Gasteiger partial charge in [0.25, 0.3) is 11.6 Å². The van der Waals surface area contributed by atoms with Gasteiger partial charge in [0.15, 0.2) is 0 Å². The summed E-state index contributed by atoms with van der Waals surface area (Å²) >= 11 is 0. The van der Waals surface area contributed by atoms with Gasteiger partial charge in [0.1, 0.15) is 6.73 Å². The molecule has 110 valence electrons. The summed E-state index contributed by atoms with van der Waals surface area (Å²) in [5, 5.41) is 17.5. The molecular formula is C13H14N4O4. The van der Waals surface area contributed by atoms with E-state index in [1.54, 1.807) is 19.2 Å². The maximum absolute atomic E-state index is 12.1. The van der Waals surface area contributed by atoms with Crippen LogP contribution in [-0.2, 0) is 11.5 Å². The lowest BCUT2D eigenvalue weighted by molar-refractivity contribution is -0.385. The lowest BCUT2D eigenvalue weighted by atomic mass is 10.1. The summed E-state index contributed by atoms with van der Waals surface area (Å²) in [6.45, 7) is 1.89. The number of methoxy groups -OCH3 is 1. The quantitative estimate of drug-likeness (QED) is 0.670. The number of benzene rings is 1. The van der Waals surface area contributed by atoms with Crippen LogP contribution in [0.5, 0.6) is 0 Å². The third kappa shape index (κ3) is 3.42. The first-order chi connectivity index (χ1) is 10.0. The molecule has 0 saturated carbocycles. The largest absolute Gasteiger partial charge is 0.362 e. The van der Waals surface area contributed by atoms with E-state index in [4.69, 9.17) is 4.74 Å². The van der Waals surface area contributed by atoms with E-state index in [1.807, 2.05) is 0 Å². The van der Waals surface area contributed by atoms with Crippen LogP contribution >= 0.6 is 0 Å². The Hall–Kier alpha value is -2.74. The van der Waals surface area contributed by atoms with Gasteiger partial charge in [-0.2, -0.15) is 5.10 Å². The minimum Gasteiger partial charge on any atom is -0.362 e. The number of rotatable bonds is 5. The standard InChI is InChI=1S/C13H14N4O4/c1-9-3-4-10(5-12(9)17(19)20)13(18)15-11-6-14-16(7-11)8-21-2/h3-7H,8H2,1-2H3,(H,15,18). The second kappa shape index (κ2) is 6.14. The molecule has 0 aliphatic rings. The first kappa shape index (κ1) is 14.7. The molecule has 21 heavy (non-hydrogen) atoms. The number of nitro benzene ring substituents is 1. The van der Waals surface area contributed by atoms with Crippen LogP contribution in [0.4, 0.5) is 11.4 Å². The summed E-state index contributed by atoms with van der Waals surface area (Å²) in [5.74, 6) is -0.435. The van der Waals surface area contributed by atoms with E-state index in [0.29, 0.717) is 11.3 Å². The van der Waals surface area contributed by atoms with E-state index in [0.717, 1.165) is 0 Å². The average molecular weight is 290 g/mol. The van der Waals surface area contributed by atoms with Gasteiger partial charge >= 0.3 is 0 Å². The monoisotopic (exact) mass is 290 g/mol. The molecule has 0 spiro atoms. The minimum atomic E-state index is -0.511. The number of hydrogen-bond acceptors (Lipinski definition) is 5. The molecule has 8 nitrogen and oxygen atoms in total. The number of anilines is 1. The normalized spacial score (nSPS) is 10.4. The zero-order chi connectivity index (χ0) is 15.4. The number of ether oxygens (including phenoxy) is 1. The molecule has 8 heteroatoms. The van der Waals surface area contributed by atoms with Crippen molar-refractivity contribution in [2.45, 2.75) is 13.7 Å². The van der Waals surface area contributed by atoms with E-state index in [-0.39, 0.29) is 18.0 Å². The van der Waals surface area contributed by atoms with Crippen molar-refractivity contribution in [1.29, 1.82) is 0 Å². The number of amides is 1. The van der Waals surface area contributed by atoms with Crippen LogP contribution in [0.3, 0.4) is 0 Å². The van der Waals surface area contributed by atoms with Crippen LogP contribution in [0, 0.1) is 17.0 Å². The molecule has 0 fully saturated rings. The lowest BCUT2D eigenvalue weighted by Gasteiger charge is -2.04. The highest BCUT2D eigenvalue weighted by molar-refractivity contribution is 6.04.